The van der Waals surface area contributed by atoms with Crippen molar-refractivity contribution in [2.24, 2.45) is 5.92 Å². The Balaban J connectivity index is 2.24. The number of aliphatic hydroxyl groups is 1. The maximum Gasteiger partial charge on any atom is 0.305 e. The summed E-state index contributed by atoms with van der Waals surface area (Å²) in [7, 11) is 0. The molecule has 80 valence electrons. The molecule has 2 N–H and O–H groups in total. The normalized spacial score (nSPS) is 30.3. The number of aliphatic carboxylic acids is 1. The van der Waals surface area contributed by atoms with Crippen molar-refractivity contribution in [2.45, 2.75) is 18.7 Å². The van der Waals surface area contributed by atoms with Gasteiger partial charge in [-0.1, -0.05) is 12.1 Å². The van der Waals surface area contributed by atoms with Gasteiger partial charge in [0.25, 0.3) is 0 Å². The largest absolute Gasteiger partial charge is 0.629 e. The fourth-order valence-corrected chi connectivity index (χ4v) is 1.81. The fourth-order valence-electron chi connectivity index (χ4n) is 1.81. The van der Waals surface area contributed by atoms with Gasteiger partial charge in [-0.15, -0.1) is 0 Å². The molecule has 0 bridgehead atoms. The number of hydrogen-bond donors (Lipinski definition) is 2. The van der Waals surface area contributed by atoms with E-state index in [1.807, 2.05) is 0 Å². The summed E-state index contributed by atoms with van der Waals surface area (Å²) < 4.78 is 0. The van der Waals surface area contributed by atoms with Crippen molar-refractivity contribution in [3.05, 3.63) is 35.4 Å². The minimum Gasteiger partial charge on any atom is -0.629 e. The van der Waals surface area contributed by atoms with Gasteiger partial charge < -0.3 is 15.5 Å². The molecular weight excluding hydrogens is 196 g/mol. The van der Waals surface area contributed by atoms with E-state index < -0.39 is 24.2 Å². The Bertz CT molecular complexity index is 355. The molecule has 3 unspecified atom stereocenters. The number of rotatable bonds is 2. The molecule has 1 aromatic heterocycles. The van der Waals surface area contributed by atoms with Gasteiger partial charge >= 0.3 is 5.97 Å². The summed E-state index contributed by atoms with van der Waals surface area (Å²) >= 11 is 0. The molecule has 1 aliphatic rings. The van der Waals surface area contributed by atoms with Gasteiger partial charge in [-0.05, 0) is 24.3 Å². The first-order valence-electron chi connectivity index (χ1n) is 4.69. The van der Waals surface area contributed by atoms with Crippen LogP contribution in [0.5, 0.6) is 0 Å². The summed E-state index contributed by atoms with van der Waals surface area (Å²) in [5.74, 6) is -1.58. The van der Waals surface area contributed by atoms with Crippen LogP contribution in [-0.2, 0) is 4.79 Å². The predicted molar refractivity (Wildman–Crippen MR) is 52.1 cm³/mol. The van der Waals surface area contributed by atoms with Crippen LogP contribution in [0.1, 0.15) is 18.0 Å². The number of nitrogens with zero attached hydrogens (tertiary/aromatic N) is 2. The van der Waals surface area contributed by atoms with Gasteiger partial charge in [0, 0.05) is 18.3 Å². The van der Waals surface area contributed by atoms with Crippen LogP contribution in [-0.4, -0.2) is 27.4 Å². The number of aliphatic hydroxyl groups excluding tert-OH is 1. The SMILES string of the molecule is O=C(O)C1CC(O)[N-]C1c1cccnc1. The van der Waals surface area contributed by atoms with Crippen molar-refractivity contribution in [3.8, 4) is 0 Å². The zero-order chi connectivity index (χ0) is 10.8. The lowest BCUT2D eigenvalue weighted by atomic mass is 9.95. The average molecular weight is 207 g/mol. The Hall–Kier alpha value is -1.46. The van der Waals surface area contributed by atoms with Crippen molar-refractivity contribution < 1.29 is 15.0 Å². The first-order chi connectivity index (χ1) is 7.18. The minimum atomic E-state index is -0.927. The summed E-state index contributed by atoms with van der Waals surface area (Å²) in [4.78, 5) is 14.9. The molecule has 0 amide bonds. The maximum atomic E-state index is 10.9. The van der Waals surface area contributed by atoms with E-state index in [0.29, 0.717) is 0 Å². The van der Waals surface area contributed by atoms with Crippen molar-refractivity contribution >= 4 is 5.97 Å². The van der Waals surface area contributed by atoms with E-state index in [1.54, 1.807) is 24.5 Å². The molecule has 0 aromatic carbocycles. The highest BCUT2D eigenvalue weighted by molar-refractivity contribution is 5.72. The molecule has 1 aromatic rings. The van der Waals surface area contributed by atoms with Gasteiger partial charge in [-0.2, -0.15) is 0 Å². The Kier molecular flexibility index (Phi) is 2.66. The summed E-state index contributed by atoms with van der Waals surface area (Å²) in [6, 6.07) is 3.02. The van der Waals surface area contributed by atoms with Gasteiger partial charge in [0.2, 0.25) is 0 Å². The molecule has 1 fully saturated rings. The smallest absolute Gasteiger partial charge is 0.305 e. The second kappa shape index (κ2) is 3.96. The topological polar surface area (TPSA) is 84.5 Å². The Labute approximate surface area is 86.8 Å². The Morgan fingerprint density at radius 2 is 2.40 bits per heavy atom. The summed E-state index contributed by atoms with van der Waals surface area (Å²) in [5.41, 5.74) is 0.737. The number of pyridine rings is 1. The van der Waals surface area contributed by atoms with Gasteiger partial charge in [0.1, 0.15) is 0 Å². The van der Waals surface area contributed by atoms with Gasteiger partial charge in [0.15, 0.2) is 0 Å². The first-order valence-corrected chi connectivity index (χ1v) is 4.69. The molecule has 2 heterocycles. The van der Waals surface area contributed by atoms with E-state index in [1.165, 1.54) is 0 Å². The summed E-state index contributed by atoms with van der Waals surface area (Å²) in [6.07, 6.45) is 2.50. The molecule has 15 heavy (non-hydrogen) atoms. The van der Waals surface area contributed by atoms with E-state index in [2.05, 4.69) is 10.3 Å². The highest BCUT2D eigenvalue weighted by Crippen LogP contribution is 2.41. The van der Waals surface area contributed by atoms with E-state index in [9.17, 15) is 9.90 Å². The lowest BCUT2D eigenvalue weighted by Gasteiger charge is -2.27. The first kappa shape index (κ1) is 10.1. The van der Waals surface area contributed by atoms with Crippen LogP contribution < -0.4 is 0 Å². The molecule has 0 saturated carbocycles. The molecule has 5 nitrogen and oxygen atoms in total. The number of carboxylic acid groups (broad SMARTS) is 1. The van der Waals surface area contributed by atoms with Gasteiger partial charge in [-0.25, -0.2) is 0 Å². The highest BCUT2D eigenvalue weighted by Gasteiger charge is 2.29. The third-order valence-electron chi connectivity index (χ3n) is 2.52. The zero-order valence-electron chi connectivity index (χ0n) is 7.95. The van der Waals surface area contributed by atoms with Crippen molar-refractivity contribution in [2.75, 3.05) is 0 Å². The van der Waals surface area contributed by atoms with E-state index >= 15 is 0 Å². The second-order valence-electron chi connectivity index (χ2n) is 3.54. The third kappa shape index (κ3) is 1.98. The predicted octanol–water partition coefficient (Wildman–Crippen LogP) is 0.919. The Morgan fingerprint density at radius 3 is 3.00 bits per heavy atom. The average Bonchev–Trinajstić information content (AvgIpc) is 2.62. The summed E-state index contributed by atoms with van der Waals surface area (Å²) in [5, 5.41) is 22.3. The van der Waals surface area contributed by atoms with E-state index in [4.69, 9.17) is 5.11 Å². The van der Waals surface area contributed by atoms with Crippen LogP contribution in [0, 0.1) is 5.92 Å². The number of carbonyl (C=O) groups is 1. The lowest BCUT2D eigenvalue weighted by molar-refractivity contribution is -0.142. The van der Waals surface area contributed by atoms with Gasteiger partial charge in [0.05, 0.1) is 0 Å². The lowest BCUT2D eigenvalue weighted by Crippen LogP contribution is -2.16. The van der Waals surface area contributed by atoms with Crippen LogP contribution >= 0.6 is 0 Å². The Morgan fingerprint density at radius 1 is 1.60 bits per heavy atom. The van der Waals surface area contributed by atoms with Crippen LogP contribution in [0.3, 0.4) is 0 Å². The summed E-state index contributed by atoms with van der Waals surface area (Å²) in [6.45, 7) is 0. The molecule has 0 radical (unpaired) electrons. The fraction of sp³-hybridized carbons (Fsp3) is 0.400. The van der Waals surface area contributed by atoms with Crippen molar-refractivity contribution in [1.29, 1.82) is 0 Å². The molecular formula is C10H11N2O3-. The van der Waals surface area contributed by atoms with Crippen LogP contribution in [0.25, 0.3) is 5.32 Å². The van der Waals surface area contributed by atoms with Crippen LogP contribution in [0.15, 0.2) is 24.5 Å². The third-order valence-corrected chi connectivity index (χ3v) is 2.52. The highest BCUT2D eigenvalue weighted by atomic mass is 16.4. The molecule has 1 aliphatic heterocycles. The molecule has 3 atom stereocenters. The molecule has 1 saturated heterocycles. The number of aromatic nitrogens is 1. The molecule has 0 spiro atoms. The van der Waals surface area contributed by atoms with E-state index in [0.717, 1.165) is 5.56 Å². The minimum absolute atomic E-state index is 0.175. The standard InChI is InChI=1S/C10H11N2O3/c13-8-4-7(10(14)15)9(12-8)6-2-1-3-11-5-6/h1-3,5,7-9,13H,4H2,(H,14,15)/q-1. The van der Waals surface area contributed by atoms with Gasteiger partial charge in [-0.3, -0.25) is 9.78 Å². The quantitative estimate of drug-likeness (QED) is 0.755. The van der Waals surface area contributed by atoms with Crippen molar-refractivity contribution in [3.63, 3.8) is 0 Å². The van der Waals surface area contributed by atoms with Crippen LogP contribution in [0.2, 0.25) is 0 Å². The molecule has 0 aliphatic carbocycles. The van der Waals surface area contributed by atoms with Crippen molar-refractivity contribution in [1.82, 2.24) is 4.98 Å². The van der Waals surface area contributed by atoms with Crippen LogP contribution in [0.4, 0.5) is 0 Å². The zero-order valence-corrected chi connectivity index (χ0v) is 7.95. The maximum absolute atomic E-state index is 10.9. The number of carboxylic acids is 1. The molecule has 5 heteroatoms. The molecule has 2 rings (SSSR count). The number of hydrogen-bond acceptors (Lipinski definition) is 3. The second-order valence-corrected chi connectivity index (χ2v) is 3.54. The monoisotopic (exact) mass is 207 g/mol. The van der Waals surface area contributed by atoms with E-state index in [-0.39, 0.29) is 6.42 Å².